The summed E-state index contributed by atoms with van der Waals surface area (Å²) < 4.78 is 12.4. The molecule has 0 amide bonds. The highest BCUT2D eigenvalue weighted by atomic mass is 127. The minimum Gasteiger partial charge on any atom is -0.488 e. The van der Waals surface area contributed by atoms with Crippen molar-refractivity contribution in [2.75, 3.05) is 0 Å². The van der Waals surface area contributed by atoms with Crippen molar-refractivity contribution in [3.8, 4) is 11.5 Å². The molecule has 0 saturated carbocycles. The van der Waals surface area contributed by atoms with Gasteiger partial charge in [-0.3, -0.25) is 14.9 Å². The number of hydrogen-bond donors (Lipinski definition) is 0. The van der Waals surface area contributed by atoms with E-state index in [1.165, 1.54) is 6.07 Å². The molecule has 0 fully saturated rings. The van der Waals surface area contributed by atoms with Crippen LogP contribution in [0.4, 0.5) is 0 Å². The van der Waals surface area contributed by atoms with Gasteiger partial charge < -0.3 is 9.47 Å². The third-order valence-electron chi connectivity index (χ3n) is 4.80. The molecule has 2 atom stereocenters. The van der Waals surface area contributed by atoms with Gasteiger partial charge in [-0.05, 0) is 64.0 Å². The Morgan fingerprint density at radius 3 is 2.50 bits per heavy atom. The lowest BCUT2D eigenvalue weighted by molar-refractivity contribution is -0.536. The van der Waals surface area contributed by atoms with Gasteiger partial charge in [0.05, 0.1) is 14.1 Å². The van der Waals surface area contributed by atoms with E-state index in [0.29, 0.717) is 17.9 Å². The maximum Gasteiger partial charge on any atom is 0.397 e. The number of ketones is 1. The lowest BCUT2D eigenvalue weighted by Gasteiger charge is -2.32. The lowest BCUT2D eigenvalue weighted by atomic mass is 9.91. The number of alkyl halides is 1. The van der Waals surface area contributed by atoms with E-state index in [9.17, 15) is 14.9 Å². The minimum atomic E-state index is -2.45. The molecule has 0 N–H and O–H groups in total. The normalized spacial score (nSPS) is 20.2. The first-order valence-corrected chi connectivity index (χ1v) is 10.5. The van der Waals surface area contributed by atoms with Crippen molar-refractivity contribution in [3.05, 3.63) is 103 Å². The maximum atomic E-state index is 12.9. The number of carbonyl (C=O) groups excluding carboxylic acids is 1. The SMILES string of the molecule is O=C1c2ccccc2OC(c2ccc(OCc3ccccc3)c(I)c2)C1(Cl)[N+](=O)[O-]. The summed E-state index contributed by atoms with van der Waals surface area (Å²) in [5, 5.41) is 11.8. The molecule has 30 heavy (non-hydrogen) atoms. The zero-order valence-electron chi connectivity index (χ0n) is 15.5. The Morgan fingerprint density at radius 1 is 1.10 bits per heavy atom. The Bertz CT molecular complexity index is 1120. The maximum absolute atomic E-state index is 12.9. The van der Waals surface area contributed by atoms with E-state index < -0.39 is 21.8 Å². The smallest absolute Gasteiger partial charge is 0.397 e. The fraction of sp³-hybridized carbons (Fsp3) is 0.136. The largest absolute Gasteiger partial charge is 0.488 e. The first kappa shape index (κ1) is 20.6. The highest BCUT2D eigenvalue weighted by molar-refractivity contribution is 14.1. The van der Waals surface area contributed by atoms with E-state index in [0.717, 1.165) is 9.13 Å². The van der Waals surface area contributed by atoms with Crippen LogP contribution in [-0.4, -0.2) is 15.7 Å². The van der Waals surface area contributed by atoms with E-state index in [-0.39, 0.29) is 11.3 Å². The minimum absolute atomic E-state index is 0.0953. The van der Waals surface area contributed by atoms with Gasteiger partial charge in [0.15, 0.2) is 0 Å². The molecular weight excluding hydrogens is 521 g/mol. The monoisotopic (exact) mass is 535 g/mol. The molecule has 0 aromatic heterocycles. The van der Waals surface area contributed by atoms with Crippen LogP contribution >= 0.6 is 34.2 Å². The summed E-state index contributed by atoms with van der Waals surface area (Å²) in [6.07, 6.45) is -1.28. The average Bonchev–Trinajstić information content (AvgIpc) is 2.76. The van der Waals surface area contributed by atoms with Crippen LogP contribution in [0, 0.1) is 13.7 Å². The van der Waals surface area contributed by atoms with Crippen LogP contribution in [-0.2, 0) is 6.61 Å². The number of hydrogen-bond acceptors (Lipinski definition) is 5. The number of rotatable bonds is 5. The predicted molar refractivity (Wildman–Crippen MR) is 120 cm³/mol. The van der Waals surface area contributed by atoms with Gasteiger partial charge in [-0.15, -0.1) is 0 Å². The van der Waals surface area contributed by atoms with Crippen molar-refractivity contribution in [1.82, 2.24) is 0 Å². The second-order valence-electron chi connectivity index (χ2n) is 6.72. The number of benzene rings is 3. The molecule has 3 aromatic carbocycles. The summed E-state index contributed by atoms with van der Waals surface area (Å²) in [7, 11) is 0. The van der Waals surface area contributed by atoms with Crippen LogP contribution < -0.4 is 9.47 Å². The summed E-state index contributed by atoms with van der Waals surface area (Å²) in [5.74, 6) is 0.0949. The van der Waals surface area contributed by atoms with Gasteiger partial charge in [0.2, 0.25) is 6.10 Å². The van der Waals surface area contributed by atoms with Crippen molar-refractivity contribution in [3.63, 3.8) is 0 Å². The topological polar surface area (TPSA) is 78.7 Å². The predicted octanol–water partition coefficient (Wildman–Crippen LogP) is 5.40. The Morgan fingerprint density at radius 2 is 1.80 bits per heavy atom. The zero-order chi connectivity index (χ0) is 21.3. The second-order valence-corrected chi connectivity index (χ2v) is 8.46. The van der Waals surface area contributed by atoms with Crippen molar-refractivity contribution in [2.24, 2.45) is 0 Å². The van der Waals surface area contributed by atoms with Crippen LogP contribution in [0.2, 0.25) is 0 Å². The highest BCUT2D eigenvalue weighted by Gasteiger charge is 2.62. The third kappa shape index (κ3) is 3.63. The Kier molecular flexibility index (Phi) is 5.66. The van der Waals surface area contributed by atoms with Crippen molar-refractivity contribution >= 4 is 40.0 Å². The molecule has 3 aromatic rings. The van der Waals surface area contributed by atoms with E-state index in [1.54, 1.807) is 36.4 Å². The standard InChI is InChI=1S/C22H15ClINO5/c23-22(25(27)28)20(26)16-8-4-5-9-18(16)30-21(22)15-10-11-19(17(24)12-15)29-13-14-6-2-1-3-7-14/h1-12,21H,13H2. The molecule has 0 spiro atoms. The molecule has 152 valence electrons. The van der Waals surface area contributed by atoms with Crippen LogP contribution in [0.1, 0.15) is 27.6 Å². The number of fused-ring (bicyclic) bond motifs is 1. The number of halogens is 2. The van der Waals surface area contributed by atoms with E-state index in [2.05, 4.69) is 22.6 Å². The van der Waals surface area contributed by atoms with E-state index in [4.69, 9.17) is 21.1 Å². The highest BCUT2D eigenvalue weighted by Crippen LogP contribution is 2.46. The van der Waals surface area contributed by atoms with Gasteiger partial charge in [0.25, 0.3) is 5.78 Å². The number of Topliss-reactive ketones (excluding diaryl/α,β-unsaturated/α-hetero) is 1. The number of ether oxygens (including phenoxy) is 2. The molecule has 0 saturated heterocycles. The average molecular weight is 536 g/mol. The molecule has 2 unspecified atom stereocenters. The summed E-state index contributed by atoms with van der Waals surface area (Å²) in [5.41, 5.74) is 1.53. The molecule has 0 bridgehead atoms. The third-order valence-corrected chi connectivity index (χ3v) is 6.15. The second kappa shape index (κ2) is 8.23. The number of nitro groups is 1. The molecule has 1 aliphatic rings. The van der Waals surface area contributed by atoms with Gasteiger partial charge >= 0.3 is 5.00 Å². The molecule has 4 rings (SSSR count). The van der Waals surface area contributed by atoms with Gasteiger partial charge in [-0.25, -0.2) is 0 Å². The number of nitrogens with zero attached hydrogens (tertiary/aromatic N) is 1. The fourth-order valence-corrected chi connectivity index (χ4v) is 4.24. The van der Waals surface area contributed by atoms with Crippen LogP contribution in [0.3, 0.4) is 0 Å². The first-order valence-electron chi connectivity index (χ1n) is 9.01. The van der Waals surface area contributed by atoms with E-state index in [1.807, 2.05) is 30.3 Å². The van der Waals surface area contributed by atoms with Crippen molar-refractivity contribution in [1.29, 1.82) is 0 Å². The Hall–Kier alpha value is -2.65. The van der Waals surface area contributed by atoms with Gasteiger partial charge in [0, 0.05) is 5.56 Å². The quantitative estimate of drug-likeness (QED) is 0.144. The van der Waals surface area contributed by atoms with E-state index >= 15 is 0 Å². The Labute approximate surface area is 191 Å². The van der Waals surface area contributed by atoms with Crippen molar-refractivity contribution in [2.45, 2.75) is 17.7 Å². The van der Waals surface area contributed by atoms with Crippen LogP contribution in [0.5, 0.6) is 11.5 Å². The fourth-order valence-electron chi connectivity index (χ4n) is 3.27. The van der Waals surface area contributed by atoms with Crippen LogP contribution in [0.15, 0.2) is 72.8 Å². The van der Waals surface area contributed by atoms with Gasteiger partial charge in [0.1, 0.15) is 18.1 Å². The molecule has 0 radical (unpaired) electrons. The summed E-state index contributed by atoms with van der Waals surface area (Å²) in [6, 6.07) is 21.1. The number of carbonyl (C=O) groups is 1. The lowest BCUT2D eigenvalue weighted by Crippen LogP contribution is -2.51. The molecule has 1 heterocycles. The zero-order valence-corrected chi connectivity index (χ0v) is 18.4. The molecule has 8 heteroatoms. The number of para-hydroxylation sites is 1. The summed E-state index contributed by atoms with van der Waals surface area (Å²) in [6.45, 7) is 0.385. The molecule has 0 aliphatic carbocycles. The molecule has 6 nitrogen and oxygen atoms in total. The molecule has 1 aliphatic heterocycles. The van der Waals surface area contributed by atoms with Gasteiger partial charge in [-0.1, -0.05) is 48.5 Å². The first-order chi connectivity index (χ1) is 14.4. The molecular formula is C22H15ClINO5. The van der Waals surface area contributed by atoms with Crippen molar-refractivity contribution < 1.29 is 19.2 Å². The Balaban J connectivity index is 1.66. The summed E-state index contributed by atoms with van der Waals surface area (Å²) >= 11 is 8.40. The summed E-state index contributed by atoms with van der Waals surface area (Å²) in [4.78, 5) is 21.5. The van der Waals surface area contributed by atoms with Gasteiger partial charge in [-0.2, -0.15) is 0 Å². The van der Waals surface area contributed by atoms with Crippen LogP contribution in [0.25, 0.3) is 0 Å².